The number of hydrogen-bond acceptors (Lipinski definition) is 4. The lowest BCUT2D eigenvalue weighted by atomic mass is 10.1. The topological polar surface area (TPSA) is 58.1 Å². The quantitative estimate of drug-likeness (QED) is 0.550. The van der Waals surface area contributed by atoms with Crippen LogP contribution in [0, 0.1) is 6.92 Å². The van der Waals surface area contributed by atoms with Crippen LogP contribution in [0.2, 0.25) is 0 Å². The van der Waals surface area contributed by atoms with E-state index in [9.17, 15) is 4.79 Å². The van der Waals surface area contributed by atoms with Crippen LogP contribution >= 0.6 is 0 Å². The Labute approximate surface area is 169 Å². The van der Waals surface area contributed by atoms with Crippen LogP contribution in [-0.2, 0) is 6.42 Å². The van der Waals surface area contributed by atoms with Gasteiger partial charge in [0.25, 0.3) is 5.91 Å². The van der Waals surface area contributed by atoms with Crippen LogP contribution in [0.15, 0.2) is 73.1 Å². The summed E-state index contributed by atoms with van der Waals surface area (Å²) >= 11 is 0. The van der Waals surface area contributed by atoms with Crippen molar-refractivity contribution < 1.29 is 4.79 Å². The number of pyridine rings is 2. The van der Waals surface area contributed by atoms with Crippen molar-refractivity contribution in [3.8, 4) is 0 Å². The average molecular weight is 380 g/mol. The van der Waals surface area contributed by atoms with Crippen LogP contribution in [0.3, 0.4) is 0 Å². The van der Waals surface area contributed by atoms with Crippen molar-refractivity contribution in [2.75, 3.05) is 16.8 Å². The molecule has 1 N–H and O–H groups in total. The van der Waals surface area contributed by atoms with E-state index in [1.54, 1.807) is 24.5 Å². The molecule has 0 fully saturated rings. The predicted molar refractivity (Wildman–Crippen MR) is 116 cm³/mol. The second kappa shape index (κ2) is 7.02. The van der Waals surface area contributed by atoms with Crippen molar-refractivity contribution >= 4 is 34.0 Å². The Hall–Kier alpha value is -3.73. The van der Waals surface area contributed by atoms with E-state index in [-0.39, 0.29) is 5.91 Å². The van der Waals surface area contributed by atoms with E-state index in [4.69, 9.17) is 4.98 Å². The van der Waals surface area contributed by atoms with Gasteiger partial charge in [-0.2, -0.15) is 0 Å². The van der Waals surface area contributed by atoms with Gasteiger partial charge in [-0.15, -0.1) is 0 Å². The first kappa shape index (κ1) is 17.4. The second-order valence-corrected chi connectivity index (χ2v) is 7.31. The minimum absolute atomic E-state index is 0.135. The number of hydrogen-bond donors (Lipinski definition) is 1. The van der Waals surface area contributed by atoms with Gasteiger partial charge >= 0.3 is 0 Å². The fraction of sp³-hybridized carbons (Fsp3) is 0.125. The van der Waals surface area contributed by atoms with Gasteiger partial charge in [-0.05, 0) is 73.0 Å². The molecule has 29 heavy (non-hydrogen) atoms. The number of amides is 1. The first-order valence-corrected chi connectivity index (χ1v) is 9.67. The Balaban J connectivity index is 1.41. The summed E-state index contributed by atoms with van der Waals surface area (Å²) in [4.78, 5) is 23.6. The highest BCUT2D eigenvalue weighted by molar-refractivity contribution is 6.04. The first-order chi connectivity index (χ1) is 14.2. The molecular weight excluding hydrogens is 360 g/mol. The van der Waals surface area contributed by atoms with Crippen molar-refractivity contribution in [3.63, 3.8) is 0 Å². The van der Waals surface area contributed by atoms with Gasteiger partial charge in [0, 0.05) is 41.3 Å². The minimum Gasteiger partial charge on any atom is -0.326 e. The van der Waals surface area contributed by atoms with Gasteiger partial charge < -0.3 is 10.2 Å². The minimum atomic E-state index is -0.135. The van der Waals surface area contributed by atoms with Gasteiger partial charge in [0.15, 0.2) is 0 Å². The van der Waals surface area contributed by atoms with Crippen molar-refractivity contribution in [3.05, 3.63) is 89.7 Å². The Bertz CT molecular complexity index is 1200. The van der Waals surface area contributed by atoms with Crippen LogP contribution < -0.4 is 10.2 Å². The second-order valence-electron chi connectivity index (χ2n) is 7.31. The van der Waals surface area contributed by atoms with Gasteiger partial charge in [0.05, 0.1) is 5.52 Å². The maximum absolute atomic E-state index is 12.5. The largest absolute Gasteiger partial charge is 0.326 e. The van der Waals surface area contributed by atoms with E-state index in [2.05, 4.69) is 46.4 Å². The van der Waals surface area contributed by atoms with Crippen molar-refractivity contribution in [1.29, 1.82) is 0 Å². The predicted octanol–water partition coefficient (Wildman–Crippen LogP) is 4.88. The van der Waals surface area contributed by atoms with Crippen molar-refractivity contribution in [1.82, 2.24) is 9.97 Å². The van der Waals surface area contributed by atoms with Gasteiger partial charge in [-0.1, -0.05) is 12.1 Å². The van der Waals surface area contributed by atoms with Crippen LogP contribution in [0.1, 0.15) is 21.5 Å². The lowest BCUT2D eigenvalue weighted by Gasteiger charge is -2.19. The zero-order chi connectivity index (χ0) is 19.8. The molecule has 5 nitrogen and oxygen atoms in total. The summed E-state index contributed by atoms with van der Waals surface area (Å²) in [5.74, 6) is 0.876. The van der Waals surface area contributed by atoms with E-state index >= 15 is 0 Å². The summed E-state index contributed by atoms with van der Waals surface area (Å²) in [6.45, 7) is 2.97. The standard InChI is InChI=1S/C24H20N4O/c1-16-2-3-18-15-19-10-13-28(23(19)27-22(18)14-16)21-6-4-17(5-7-21)24(29)26-20-8-11-25-12-9-20/h2-9,11-12,14-15H,10,13H2,1H3,(H,25,26,29). The zero-order valence-electron chi connectivity index (χ0n) is 16.1. The lowest BCUT2D eigenvalue weighted by Crippen LogP contribution is -2.15. The molecule has 1 amide bonds. The normalized spacial score (nSPS) is 12.8. The number of benzene rings is 2. The maximum Gasteiger partial charge on any atom is 0.255 e. The van der Waals surface area contributed by atoms with Crippen LogP contribution in [0.25, 0.3) is 10.9 Å². The van der Waals surface area contributed by atoms with Crippen molar-refractivity contribution in [2.24, 2.45) is 0 Å². The molecule has 0 atom stereocenters. The van der Waals surface area contributed by atoms with Crippen LogP contribution in [0.5, 0.6) is 0 Å². The lowest BCUT2D eigenvalue weighted by molar-refractivity contribution is 0.102. The van der Waals surface area contributed by atoms with Gasteiger partial charge in [0.2, 0.25) is 0 Å². The summed E-state index contributed by atoms with van der Waals surface area (Å²) in [5.41, 5.74) is 5.88. The molecule has 5 heteroatoms. The van der Waals surface area contributed by atoms with Crippen LogP contribution in [0.4, 0.5) is 17.2 Å². The number of anilines is 3. The third kappa shape index (κ3) is 3.31. The number of nitrogens with one attached hydrogen (secondary N) is 1. The number of nitrogens with zero attached hydrogens (tertiary/aromatic N) is 3. The van der Waals surface area contributed by atoms with E-state index < -0.39 is 0 Å². The summed E-state index contributed by atoms with van der Waals surface area (Å²) in [6.07, 6.45) is 4.28. The third-order valence-corrected chi connectivity index (χ3v) is 5.27. The number of aryl methyl sites for hydroxylation is 1. The fourth-order valence-electron chi connectivity index (χ4n) is 3.75. The molecule has 0 saturated carbocycles. The molecule has 0 unspecified atom stereocenters. The SMILES string of the molecule is Cc1ccc2cc3c(nc2c1)N(c1ccc(C(=O)Nc2ccncc2)cc1)CC3. The molecule has 0 bridgehead atoms. The molecule has 2 aromatic carbocycles. The molecular formula is C24H20N4O. The summed E-state index contributed by atoms with van der Waals surface area (Å²) in [7, 11) is 0. The van der Waals surface area contributed by atoms with E-state index in [1.807, 2.05) is 24.3 Å². The Morgan fingerprint density at radius 3 is 2.59 bits per heavy atom. The first-order valence-electron chi connectivity index (χ1n) is 9.67. The molecule has 2 aromatic heterocycles. The molecule has 4 aromatic rings. The molecule has 0 spiro atoms. The molecule has 0 aliphatic carbocycles. The smallest absolute Gasteiger partial charge is 0.255 e. The third-order valence-electron chi connectivity index (χ3n) is 5.27. The number of aromatic nitrogens is 2. The monoisotopic (exact) mass is 380 g/mol. The Morgan fingerprint density at radius 1 is 1.00 bits per heavy atom. The molecule has 1 aliphatic heterocycles. The number of fused-ring (bicyclic) bond motifs is 2. The average Bonchev–Trinajstić information content (AvgIpc) is 3.15. The molecule has 5 rings (SSSR count). The number of rotatable bonds is 3. The van der Waals surface area contributed by atoms with Gasteiger partial charge in [0.1, 0.15) is 5.82 Å². The zero-order valence-corrected chi connectivity index (χ0v) is 16.1. The van der Waals surface area contributed by atoms with Crippen LogP contribution in [-0.4, -0.2) is 22.4 Å². The highest BCUT2D eigenvalue weighted by Gasteiger charge is 2.23. The van der Waals surface area contributed by atoms with Crippen molar-refractivity contribution in [2.45, 2.75) is 13.3 Å². The summed E-state index contributed by atoms with van der Waals surface area (Å²) < 4.78 is 0. The Kier molecular flexibility index (Phi) is 4.21. The van der Waals surface area contributed by atoms with E-state index in [1.165, 1.54) is 16.5 Å². The Morgan fingerprint density at radius 2 is 1.79 bits per heavy atom. The fourth-order valence-corrected chi connectivity index (χ4v) is 3.75. The number of carbonyl (C=O) groups excluding carboxylic acids is 1. The molecule has 0 saturated heterocycles. The molecule has 3 heterocycles. The van der Waals surface area contributed by atoms with E-state index in [0.29, 0.717) is 5.56 Å². The van der Waals surface area contributed by atoms with Gasteiger partial charge in [-0.3, -0.25) is 9.78 Å². The van der Waals surface area contributed by atoms with Gasteiger partial charge in [-0.25, -0.2) is 4.98 Å². The maximum atomic E-state index is 12.5. The van der Waals surface area contributed by atoms with E-state index in [0.717, 1.165) is 35.7 Å². The highest BCUT2D eigenvalue weighted by atomic mass is 16.1. The summed E-state index contributed by atoms with van der Waals surface area (Å²) in [6, 6.07) is 19.8. The summed E-state index contributed by atoms with van der Waals surface area (Å²) in [5, 5.41) is 4.06. The highest BCUT2D eigenvalue weighted by Crippen LogP contribution is 2.35. The molecule has 0 radical (unpaired) electrons. The number of carbonyl (C=O) groups is 1. The molecule has 142 valence electrons. The molecule has 1 aliphatic rings.